The van der Waals surface area contributed by atoms with E-state index in [0.717, 1.165) is 18.9 Å². The van der Waals surface area contributed by atoms with Crippen molar-refractivity contribution in [1.82, 2.24) is 14.5 Å². The average Bonchev–Trinajstić information content (AvgIpc) is 2.84. The number of sulfone groups is 1. The van der Waals surface area contributed by atoms with Crippen LogP contribution >= 0.6 is 23.2 Å². The Morgan fingerprint density at radius 2 is 1.90 bits per heavy atom. The fourth-order valence-corrected chi connectivity index (χ4v) is 6.24. The number of halogens is 5. The second-order valence-electron chi connectivity index (χ2n) is 9.25. The summed E-state index contributed by atoms with van der Waals surface area (Å²) in [5, 5.41) is -0.458. The highest BCUT2D eigenvalue weighted by Crippen LogP contribution is 2.36. The minimum absolute atomic E-state index is 0.0558. The van der Waals surface area contributed by atoms with Gasteiger partial charge in [-0.3, -0.25) is 14.3 Å². The number of piperidine rings is 1. The number of nitrogens with one attached hydrogen (secondary N) is 1. The van der Waals surface area contributed by atoms with Crippen molar-refractivity contribution >= 4 is 43.9 Å². The van der Waals surface area contributed by atoms with Crippen molar-refractivity contribution in [2.75, 3.05) is 18.8 Å². The van der Waals surface area contributed by atoms with E-state index >= 15 is 0 Å². The number of nitrogens with two attached hydrogens (primary N) is 1. The van der Waals surface area contributed by atoms with Gasteiger partial charge < -0.3 is 15.5 Å². The molecule has 1 aliphatic heterocycles. The summed E-state index contributed by atoms with van der Waals surface area (Å²) < 4.78 is 70.1. The molecular weight excluding hydrogens is 584 g/mol. The lowest BCUT2D eigenvalue weighted by atomic mass is 10.0. The van der Waals surface area contributed by atoms with Crippen LogP contribution in [0.2, 0.25) is 10.0 Å². The Hall–Kier alpha value is -2.58. The fraction of sp³-hybridized carbons (Fsp3) is 0.417. The van der Waals surface area contributed by atoms with Crippen molar-refractivity contribution in [3.05, 3.63) is 66.3 Å². The van der Waals surface area contributed by atoms with Gasteiger partial charge in [0.15, 0.2) is 9.84 Å². The van der Waals surface area contributed by atoms with Gasteiger partial charge in [-0.15, -0.1) is 13.2 Å². The van der Waals surface area contributed by atoms with E-state index in [2.05, 4.69) is 9.72 Å². The Balaban J connectivity index is 1.88. The zero-order valence-electron chi connectivity index (χ0n) is 20.6. The van der Waals surface area contributed by atoms with E-state index in [4.69, 9.17) is 28.9 Å². The number of H-pyrrole nitrogens is 1. The average molecular weight is 609 g/mol. The second-order valence-corrected chi connectivity index (χ2v) is 12.3. The zero-order valence-corrected chi connectivity index (χ0v) is 23.0. The van der Waals surface area contributed by atoms with Gasteiger partial charge in [-0.2, -0.15) is 0 Å². The van der Waals surface area contributed by atoms with Crippen LogP contribution in [0.15, 0.2) is 38.8 Å². The number of likely N-dealkylation sites (tertiary alicyclic amines) is 1. The molecule has 9 nitrogen and oxygen atoms in total. The molecular formula is C24H25Cl2F3N4O5S. The van der Waals surface area contributed by atoms with Gasteiger partial charge in [-0.25, -0.2) is 13.2 Å². The molecule has 15 heteroatoms. The monoisotopic (exact) mass is 608 g/mol. The third-order valence-corrected chi connectivity index (χ3v) is 8.98. The Labute approximate surface area is 231 Å². The first kappa shape index (κ1) is 29.4. The third kappa shape index (κ3) is 6.43. The van der Waals surface area contributed by atoms with E-state index in [9.17, 15) is 31.2 Å². The van der Waals surface area contributed by atoms with Gasteiger partial charge in [0, 0.05) is 29.7 Å². The van der Waals surface area contributed by atoms with E-state index in [1.54, 1.807) is 0 Å². The summed E-state index contributed by atoms with van der Waals surface area (Å²) in [7, 11) is -3.76. The highest BCUT2D eigenvalue weighted by Gasteiger charge is 2.34. The fourth-order valence-electron chi connectivity index (χ4n) is 4.64. The van der Waals surface area contributed by atoms with Crippen LogP contribution in [0.1, 0.15) is 30.9 Å². The molecule has 1 unspecified atom stereocenters. The Morgan fingerprint density at radius 1 is 1.18 bits per heavy atom. The Morgan fingerprint density at radius 3 is 2.54 bits per heavy atom. The van der Waals surface area contributed by atoms with Crippen molar-refractivity contribution < 1.29 is 26.3 Å². The van der Waals surface area contributed by atoms with Crippen molar-refractivity contribution in [1.29, 1.82) is 0 Å². The predicted octanol–water partition coefficient (Wildman–Crippen LogP) is 3.66. The highest BCUT2D eigenvalue weighted by molar-refractivity contribution is 7.91. The summed E-state index contributed by atoms with van der Waals surface area (Å²) in [5.41, 5.74) is 3.90. The topological polar surface area (TPSA) is 127 Å². The van der Waals surface area contributed by atoms with E-state index in [1.807, 2.05) is 4.90 Å². The molecule has 212 valence electrons. The molecule has 0 radical (unpaired) electrons. The lowest BCUT2D eigenvalue weighted by Crippen LogP contribution is -2.42. The van der Waals surface area contributed by atoms with E-state index in [1.165, 1.54) is 25.1 Å². The molecule has 2 aromatic carbocycles. The van der Waals surface area contributed by atoms with Crippen LogP contribution in [-0.4, -0.2) is 54.1 Å². The highest BCUT2D eigenvalue weighted by atomic mass is 35.5. The first-order valence-electron chi connectivity index (χ1n) is 11.9. The second kappa shape index (κ2) is 11.1. The minimum Gasteiger partial charge on any atom is -0.405 e. The molecule has 0 aliphatic carbocycles. The molecule has 39 heavy (non-hydrogen) atoms. The normalized spacial score (nSPS) is 17.1. The van der Waals surface area contributed by atoms with Crippen LogP contribution in [0, 0.1) is 0 Å². The zero-order chi connectivity index (χ0) is 28.7. The van der Waals surface area contributed by atoms with Crippen LogP contribution in [0.5, 0.6) is 5.75 Å². The number of fused-ring (bicyclic) bond motifs is 1. The van der Waals surface area contributed by atoms with Crippen LogP contribution in [0.25, 0.3) is 10.9 Å². The number of alkyl halides is 3. The quantitative estimate of drug-likeness (QED) is 0.419. The summed E-state index contributed by atoms with van der Waals surface area (Å²) in [6.45, 7) is 1.84. The molecule has 1 fully saturated rings. The maximum atomic E-state index is 13.4. The minimum atomic E-state index is -5.09. The number of hydrogen-bond acceptors (Lipinski definition) is 7. The molecule has 0 bridgehead atoms. The van der Waals surface area contributed by atoms with Gasteiger partial charge in [-0.1, -0.05) is 30.1 Å². The molecule has 2 heterocycles. The number of hydrogen-bond donors (Lipinski definition) is 2. The Bertz CT molecular complexity index is 1640. The Kier molecular flexibility index (Phi) is 8.39. The molecule has 1 atom stereocenters. The van der Waals surface area contributed by atoms with E-state index in [-0.39, 0.29) is 55.3 Å². The lowest BCUT2D eigenvalue weighted by Gasteiger charge is -2.31. The summed E-state index contributed by atoms with van der Waals surface area (Å²) in [6.07, 6.45) is -3.58. The predicted molar refractivity (Wildman–Crippen MR) is 141 cm³/mol. The lowest BCUT2D eigenvalue weighted by molar-refractivity contribution is -0.274. The van der Waals surface area contributed by atoms with Crippen molar-refractivity contribution in [2.45, 2.75) is 50.2 Å². The molecule has 0 saturated carbocycles. The molecule has 0 spiro atoms. The van der Waals surface area contributed by atoms with Gasteiger partial charge in [0.05, 0.1) is 33.1 Å². The number of rotatable bonds is 7. The van der Waals surface area contributed by atoms with Crippen molar-refractivity contribution in [3.63, 3.8) is 0 Å². The summed E-state index contributed by atoms with van der Waals surface area (Å²) in [6, 6.07) is 4.65. The number of benzene rings is 2. The van der Waals surface area contributed by atoms with Gasteiger partial charge >= 0.3 is 12.1 Å². The van der Waals surface area contributed by atoms with Crippen molar-refractivity contribution in [2.24, 2.45) is 5.73 Å². The smallest absolute Gasteiger partial charge is 0.405 e. The molecule has 3 aromatic rings. The van der Waals surface area contributed by atoms with Gasteiger partial charge in [0.1, 0.15) is 5.75 Å². The van der Waals surface area contributed by atoms with Crippen molar-refractivity contribution in [3.8, 4) is 5.75 Å². The molecule has 1 saturated heterocycles. The largest absolute Gasteiger partial charge is 0.573 e. The molecule has 0 amide bonds. The standard InChI is InChI=1S/C24H25Cl2F3N4O5S/c1-2-39(36,37)19-6-5-14(25)8-13(19)10-33-22(34)16-9-18(38-24(27,28)29)17(20(26)21(16)31-23(33)35)12-32-7-3-4-15(30)11-32/h5-6,8-9,15H,2-4,7,10-12,30H2,1H3,(H,31,35). The van der Waals surface area contributed by atoms with Crippen LogP contribution in [0.3, 0.4) is 0 Å². The molecule has 3 N–H and O–H groups in total. The van der Waals surface area contributed by atoms with Gasteiger partial charge in [-0.05, 0) is 49.2 Å². The van der Waals surface area contributed by atoms with Crippen LogP contribution < -0.4 is 21.7 Å². The van der Waals surface area contributed by atoms with Crippen LogP contribution in [0.4, 0.5) is 13.2 Å². The third-order valence-electron chi connectivity index (χ3n) is 6.49. The first-order chi connectivity index (χ1) is 18.2. The molecule has 1 aliphatic rings. The van der Waals surface area contributed by atoms with Gasteiger partial charge in [0.25, 0.3) is 5.56 Å². The first-order valence-corrected chi connectivity index (χ1v) is 14.3. The molecule has 1 aromatic heterocycles. The maximum absolute atomic E-state index is 13.4. The summed E-state index contributed by atoms with van der Waals surface area (Å²) in [5.74, 6) is -0.935. The number of nitrogens with zero attached hydrogens (tertiary/aromatic N) is 2. The number of aromatic amines is 1. The summed E-state index contributed by atoms with van der Waals surface area (Å²) >= 11 is 12.5. The summed E-state index contributed by atoms with van der Waals surface area (Å²) in [4.78, 5) is 30.6. The molecule has 4 rings (SSSR count). The number of ether oxygens (including phenoxy) is 1. The maximum Gasteiger partial charge on any atom is 0.573 e. The van der Waals surface area contributed by atoms with Crippen LogP contribution in [-0.2, 0) is 22.9 Å². The van der Waals surface area contributed by atoms with E-state index in [0.29, 0.717) is 17.7 Å². The SMILES string of the molecule is CCS(=O)(=O)c1ccc(Cl)cc1Cn1c(=O)[nH]c2c(Cl)c(CN3CCCC(N)C3)c(OC(F)(F)F)cc2c1=O. The number of aromatic nitrogens is 2. The van der Waals surface area contributed by atoms with E-state index < -0.39 is 39.7 Å². The van der Waals surface area contributed by atoms with Gasteiger partial charge in [0.2, 0.25) is 0 Å².